The third-order valence-electron chi connectivity index (χ3n) is 2.82. The van der Waals surface area contributed by atoms with E-state index in [1.807, 2.05) is 0 Å². The molecule has 20 heavy (non-hydrogen) atoms. The van der Waals surface area contributed by atoms with Crippen LogP contribution in [0.15, 0.2) is 42.0 Å². The van der Waals surface area contributed by atoms with E-state index in [0.717, 1.165) is 11.6 Å². The van der Waals surface area contributed by atoms with E-state index in [9.17, 15) is 20.1 Å². The number of hydrogen-bond acceptors (Lipinski definition) is 5. The van der Waals surface area contributed by atoms with Gasteiger partial charge in [-0.25, -0.2) is 4.79 Å². The van der Waals surface area contributed by atoms with Gasteiger partial charge in [-0.3, -0.25) is 0 Å². The molecular weight excluding hydrogens is 264 g/mol. The van der Waals surface area contributed by atoms with E-state index < -0.39 is 30.9 Å². The van der Waals surface area contributed by atoms with Crippen LogP contribution >= 0.6 is 0 Å². The summed E-state index contributed by atoms with van der Waals surface area (Å²) in [6.07, 6.45) is -3.71. The van der Waals surface area contributed by atoms with Crippen LogP contribution in [0, 0.1) is 0 Å². The van der Waals surface area contributed by atoms with Crippen LogP contribution in [0.1, 0.15) is 5.56 Å². The Hall–Kier alpha value is -1.73. The summed E-state index contributed by atoms with van der Waals surface area (Å²) in [7, 11) is 0. The number of aliphatic hydroxyl groups excluding tert-OH is 4. The Kier molecular flexibility index (Phi) is 6.33. The van der Waals surface area contributed by atoms with E-state index in [2.05, 4.69) is 0 Å². The Morgan fingerprint density at radius 1 is 1.15 bits per heavy atom. The molecule has 0 aliphatic heterocycles. The van der Waals surface area contributed by atoms with Crippen molar-refractivity contribution in [2.75, 3.05) is 6.61 Å². The maximum absolute atomic E-state index is 11.1. The van der Waals surface area contributed by atoms with Gasteiger partial charge in [-0.1, -0.05) is 30.3 Å². The molecule has 0 amide bonds. The Labute approximate surface area is 116 Å². The Bertz CT molecular complexity index is 456. The summed E-state index contributed by atoms with van der Waals surface area (Å²) >= 11 is 0. The van der Waals surface area contributed by atoms with Crippen LogP contribution in [0.5, 0.6) is 0 Å². The quantitative estimate of drug-likeness (QED) is 0.423. The van der Waals surface area contributed by atoms with Crippen LogP contribution in [-0.2, 0) is 11.2 Å². The second kappa shape index (κ2) is 7.76. The van der Waals surface area contributed by atoms with Crippen molar-refractivity contribution in [3.63, 3.8) is 0 Å². The highest BCUT2D eigenvalue weighted by molar-refractivity contribution is 5.87. The normalized spacial score (nSPS) is 16.5. The van der Waals surface area contributed by atoms with E-state index in [0.29, 0.717) is 0 Å². The zero-order valence-corrected chi connectivity index (χ0v) is 10.8. The lowest BCUT2D eigenvalue weighted by atomic mass is 10.0. The maximum atomic E-state index is 11.1. The van der Waals surface area contributed by atoms with Gasteiger partial charge >= 0.3 is 5.97 Å². The molecule has 3 unspecified atom stereocenters. The molecule has 1 aromatic carbocycles. The lowest BCUT2D eigenvalue weighted by molar-refractivity contribution is -0.132. The fourth-order valence-corrected chi connectivity index (χ4v) is 1.66. The molecule has 0 radical (unpaired) electrons. The average Bonchev–Trinajstić information content (AvgIpc) is 2.45. The number of carboxylic acids is 1. The molecule has 0 aliphatic rings. The molecule has 0 saturated carbocycles. The first-order valence-corrected chi connectivity index (χ1v) is 6.08. The molecule has 0 aromatic heterocycles. The molecule has 5 N–H and O–H groups in total. The van der Waals surface area contributed by atoms with Gasteiger partial charge in [0.2, 0.25) is 0 Å². The molecular formula is C14H18O6. The highest BCUT2D eigenvalue weighted by Gasteiger charge is 2.24. The molecule has 0 aliphatic carbocycles. The van der Waals surface area contributed by atoms with Gasteiger partial charge in [-0.15, -0.1) is 0 Å². The number of benzene rings is 1. The zero-order valence-electron chi connectivity index (χ0n) is 10.8. The van der Waals surface area contributed by atoms with E-state index in [-0.39, 0.29) is 12.0 Å². The molecule has 6 nitrogen and oxygen atoms in total. The van der Waals surface area contributed by atoms with E-state index >= 15 is 0 Å². The SMILES string of the molecule is O=C(O)/C(=C/C(O)C(O)C(O)CO)Cc1ccccc1. The van der Waals surface area contributed by atoms with Gasteiger partial charge in [0.1, 0.15) is 18.3 Å². The zero-order chi connectivity index (χ0) is 15.1. The molecule has 0 fully saturated rings. The predicted molar refractivity (Wildman–Crippen MR) is 71.0 cm³/mol. The first-order valence-electron chi connectivity index (χ1n) is 6.08. The topological polar surface area (TPSA) is 118 Å². The number of rotatable bonds is 7. The van der Waals surface area contributed by atoms with Crippen LogP contribution in [0.3, 0.4) is 0 Å². The number of aliphatic hydroxyl groups is 4. The highest BCUT2D eigenvalue weighted by Crippen LogP contribution is 2.11. The van der Waals surface area contributed by atoms with Crippen LogP contribution in [-0.4, -0.2) is 56.4 Å². The first kappa shape index (κ1) is 16.3. The van der Waals surface area contributed by atoms with E-state index in [1.54, 1.807) is 30.3 Å². The maximum Gasteiger partial charge on any atom is 0.331 e. The molecule has 0 saturated heterocycles. The third kappa shape index (κ3) is 4.75. The minimum absolute atomic E-state index is 0.0785. The monoisotopic (exact) mass is 282 g/mol. The van der Waals surface area contributed by atoms with Gasteiger partial charge in [-0.05, 0) is 11.6 Å². The van der Waals surface area contributed by atoms with Crippen molar-refractivity contribution in [2.45, 2.75) is 24.7 Å². The molecule has 0 heterocycles. The molecule has 3 atom stereocenters. The van der Waals surface area contributed by atoms with Crippen molar-refractivity contribution in [3.8, 4) is 0 Å². The number of carbonyl (C=O) groups is 1. The van der Waals surface area contributed by atoms with Gasteiger partial charge in [0.25, 0.3) is 0 Å². The fourth-order valence-electron chi connectivity index (χ4n) is 1.66. The van der Waals surface area contributed by atoms with Crippen molar-refractivity contribution in [3.05, 3.63) is 47.5 Å². The van der Waals surface area contributed by atoms with Crippen LogP contribution in [0.25, 0.3) is 0 Å². The largest absolute Gasteiger partial charge is 0.478 e. The summed E-state index contributed by atoms with van der Waals surface area (Å²) in [6.45, 7) is -0.729. The van der Waals surface area contributed by atoms with Gasteiger partial charge in [0.05, 0.1) is 6.61 Å². The number of aliphatic carboxylic acids is 1. The van der Waals surface area contributed by atoms with Crippen molar-refractivity contribution in [1.29, 1.82) is 0 Å². The fraction of sp³-hybridized carbons (Fsp3) is 0.357. The lowest BCUT2D eigenvalue weighted by Gasteiger charge is -2.19. The van der Waals surface area contributed by atoms with Crippen molar-refractivity contribution >= 4 is 5.97 Å². The summed E-state index contributed by atoms with van der Waals surface area (Å²) in [6, 6.07) is 8.79. The Morgan fingerprint density at radius 3 is 2.25 bits per heavy atom. The molecule has 1 rings (SSSR count). The van der Waals surface area contributed by atoms with E-state index in [1.165, 1.54) is 0 Å². The minimum atomic E-state index is -1.65. The second-order valence-electron chi connectivity index (χ2n) is 4.39. The standard InChI is InChI=1S/C14H18O6/c15-8-12(17)13(18)11(16)7-10(14(19)20)6-9-4-2-1-3-5-9/h1-5,7,11-13,15-18H,6,8H2,(H,19,20)/b10-7+. The first-order chi connectivity index (χ1) is 9.45. The lowest BCUT2D eigenvalue weighted by Crippen LogP contribution is -2.38. The summed E-state index contributed by atoms with van der Waals surface area (Å²) in [4.78, 5) is 11.1. The summed E-state index contributed by atoms with van der Waals surface area (Å²) in [5, 5.41) is 46.1. The van der Waals surface area contributed by atoms with Gasteiger partial charge in [0, 0.05) is 12.0 Å². The highest BCUT2D eigenvalue weighted by atomic mass is 16.4. The van der Waals surface area contributed by atoms with Crippen LogP contribution in [0.2, 0.25) is 0 Å². The Balaban J connectivity index is 2.85. The molecule has 0 spiro atoms. The number of carboxylic acid groups (broad SMARTS) is 1. The molecule has 6 heteroatoms. The smallest absolute Gasteiger partial charge is 0.331 e. The van der Waals surface area contributed by atoms with Gasteiger partial charge < -0.3 is 25.5 Å². The third-order valence-corrected chi connectivity index (χ3v) is 2.82. The second-order valence-corrected chi connectivity index (χ2v) is 4.39. The molecule has 0 bridgehead atoms. The van der Waals surface area contributed by atoms with Crippen molar-refractivity contribution < 1.29 is 30.3 Å². The Morgan fingerprint density at radius 2 is 1.75 bits per heavy atom. The van der Waals surface area contributed by atoms with Gasteiger partial charge in [-0.2, -0.15) is 0 Å². The number of hydrogen-bond donors (Lipinski definition) is 5. The van der Waals surface area contributed by atoms with Crippen LogP contribution < -0.4 is 0 Å². The van der Waals surface area contributed by atoms with Crippen LogP contribution in [0.4, 0.5) is 0 Å². The summed E-state index contributed by atoms with van der Waals surface area (Å²) < 4.78 is 0. The molecule has 110 valence electrons. The van der Waals surface area contributed by atoms with Crippen molar-refractivity contribution in [2.24, 2.45) is 0 Å². The molecule has 1 aromatic rings. The van der Waals surface area contributed by atoms with Gasteiger partial charge in [0.15, 0.2) is 0 Å². The summed E-state index contributed by atoms with van der Waals surface area (Å²) in [5.41, 5.74) is 0.637. The minimum Gasteiger partial charge on any atom is -0.478 e. The van der Waals surface area contributed by atoms with E-state index in [4.69, 9.17) is 10.2 Å². The average molecular weight is 282 g/mol. The predicted octanol–water partition coefficient (Wildman–Crippen LogP) is -0.685. The summed E-state index contributed by atoms with van der Waals surface area (Å²) in [5.74, 6) is -1.22. The van der Waals surface area contributed by atoms with Crippen molar-refractivity contribution in [1.82, 2.24) is 0 Å².